The molecule has 2 atom stereocenters. The van der Waals surface area contributed by atoms with Crippen LogP contribution < -0.4 is 5.32 Å². The molecule has 2 aliphatic rings. The first kappa shape index (κ1) is 20.5. The summed E-state index contributed by atoms with van der Waals surface area (Å²) in [4.78, 5) is 26.6. The molecular formula is C21H23F2N3O4. The summed E-state index contributed by atoms with van der Waals surface area (Å²) >= 11 is 0. The first-order chi connectivity index (χ1) is 14.4. The Morgan fingerprint density at radius 1 is 1.17 bits per heavy atom. The number of carbonyl (C=O) groups is 2. The number of carboxylic acids is 1. The van der Waals surface area contributed by atoms with Crippen LogP contribution in [0.1, 0.15) is 42.6 Å². The van der Waals surface area contributed by atoms with Gasteiger partial charge in [0.15, 0.2) is 11.5 Å². The highest BCUT2D eigenvalue weighted by atomic mass is 19.1. The van der Waals surface area contributed by atoms with Gasteiger partial charge in [0.2, 0.25) is 0 Å². The molecule has 1 amide bonds. The fourth-order valence-electron chi connectivity index (χ4n) is 4.44. The number of piperidine rings is 1. The number of carbonyl (C=O) groups excluding carboxylic acids is 1. The third kappa shape index (κ3) is 4.21. The number of nitrogens with zero attached hydrogens (tertiary/aromatic N) is 2. The number of hydrogen-bond acceptors (Lipinski definition) is 5. The van der Waals surface area contributed by atoms with Gasteiger partial charge in [-0.3, -0.25) is 14.5 Å². The Hall–Kier alpha value is -2.81. The van der Waals surface area contributed by atoms with Crippen LogP contribution in [-0.4, -0.2) is 52.2 Å². The quantitative estimate of drug-likeness (QED) is 0.773. The van der Waals surface area contributed by atoms with Crippen molar-refractivity contribution in [2.24, 2.45) is 5.92 Å². The molecule has 1 aromatic carbocycles. The van der Waals surface area contributed by atoms with Gasteiger partial charge in [0.25, 0.3) is 5.91 Å². The first-order valence-corrected chi connectivity index (χ1v) is 10.1. The highest BCUT2D eigenvalue weighted by Gasteiger charge is 2.38. The Balaban J connectivity index is 1.44. The zero-order chi connectivity index (χ0) is 21.3. The van der Waals surface area contributed by atoms with Crippen LogP contribution in [0.15, 0.2) is 28.8 Å². The molecule has 1 aliphatic carbocycles. The maximum Gasteiger partial charge on any atom is 0.309 e. The molecule has 1 saturated carbocycles. The zero-order valence-corrected chi connectivity index (χ0v) is 16.3. The Bertz CT molecular complexity index is 942. The van der Waals surface area contributed by atoms with Gasteiger partial charge in [-0.05, 0) is 31.4 Å². The third-order valence-electron chi connectivity index (χ3n) is 6.06. The van der Waals surface area contributed by atoms with E-state index in [0.717, 1.165) is 25.5 Å². The number of carboxylic acid groups (broad SMARTS) is 1. The van der Waals surface area contributed by atoms with Gasteiger partial charge in [-0.15, -0.1) is 0 Å². The lowest BCUT2D eigenvalue weighted by atomic mass is 9.90. The van der Waals surface area contributed by atoms with Crippen molar-refractivity contribution in [3.05, 3.63) is 41.6 Å². The van der Waals surface area contributed by atoms with Crippen LogP contribution in [0.5, 0.6) is 0 Å². The predicted octanol–water partition coefficient (Wildman–Crippen LogP) is 3.07. The van der Waals surface area contributed by atoms with Gasteiger partial charge in [0.1, 0.15) is 11.6 Å². The van der Waals surface area contributed by atoms with Crippen LogP contribution in [0.4, 0.5) is 8.78 Å². The minimum atomic E-state index is -0.947. The van der Waals surface area contributed by atoms with Gasteiger partial charge in [-0.2, -0.15) is 0 Å². The minimum absolute atomic E-state index is 0.0107. The fourth-order valence-corrected chi connectivity index (χ4v) is 4.44. The number of likely N-dealkylation sites (tertiary alicyclic amines) is 1. The van der Waals surface area contributed by atoms with Crippen molar-refractivity contribution < 1.29 is 28.0 Å². The SMILES string of the molecule is O=C(N[C@H]1CCN(C2CCCC2)C[C@@H]1C(=O)O)c1cc(-c2ccc(F)cc2F)on1. The van der Waals surface area contributed by atoms with Crippen LogP contribution in [0.3, 0.4) is 0 Å². The van der Waals surface area contributed by atoms with E-state index in [1.807, 2.05) is 0 Å². The van der Waals surface area contributed by atoms with E-state index in [2.05, 4.69) is 15.4 Å². The van der Waals surface area contributed by atoms with Crippen molar-refractivity contribution in [1.29, 1.82) is 0 Å². The second-order valence-corrected chi connectivity index (χ2v) is 7.95. The van der Waals surface area contributed by atoms with Crippen molar-refractivity contribution in [2.75, 3.05) is 13.1 Å². The number of rotatable bonds is 5. The van der Waals surface area contributed by atoms with Crippen molar-refractivity contribution in [1.82, 2.24) is 15.4 Å². The molecule has 160 valence electrons. The third-order valence-corrected chi connectivity index (χ3v) is 6.06. The molecule has 1 saturated heterocycles. The summed E-state index contributed by atoms with van der Waals surface area (Å²) in [6.45, 7) is 1.13. The first-order valence-electron chi connectivity index (χ1n) is 10.1. The van der Waals surface area contributed by atoms with Crippen LogP contribution in [0.2, 0.25) is 0 Å². The molecule has 9 heteroatoms. The molecule has 1 aliphatic heterocycles. The summed E-state index contributed by atoms with van der Waals surface area (Å²) in [6.07, 6.45) is 5.04. The number of nitrogens with one attached hydrogen (secondary N) is 1. The molecule has 2 heterocycles. The Morgan fingerprint density at radius 3 is 2.63 bits per heavy atom. The van der Waals surface area contributed by atoms with Crippen molar-refractivity contribution >= 4 is 11.9 Å². The topological polar surface area (TPSA) is 95.7 Å². The summed E-state index contributed by atoms with van der Waals surface area (Å²) < 4.78 is 32.1. The van der Waals surface area contributed by atoms with Crippen LogP contribution in [0, 0.1) is 17.6 Å². The Labute approximate surface area is 172 Å². The summed E-state index contributed by atoms with van der Waals surface area (Å²) in [5.74, 6) is -3.82. The molecule has 0 bridgehead atoms. The monoisotopic (exact) mass is 419 g/mol. The van der Waals surface area contributed by atoms with Gasteiger partial charge in [0, 0.05) is 37.3 Å². The van der Waals surface area contributed by atoms with Gasteiger partial charge in [-0.25, -0.2) is 8.78 Å². The summed E-state index contributed by atoms with van der Waals surface area (Å²) in [6, 6.07) is 4.15. The molecule has 0 unspecified atom stereocenters. The summed E-state index contributed by atoms with van der Waals surface area (Å²) in [7, 11) is 0. The van der Waals surface area contributed by atoms with E-state index < -0.39 is 35.5 Å². The largest absolute Gasteiger partial charge is 0.481 e. The van der Waals surface area contributed by atoms with Crippen LogP contribution in [-0.2, 0) is 4.79 Å². The number of aromatic nitrogens is 1. The van der Waals surface area contributed by atoms with E-state index in [9.17, 15) is 23.5 Å². The average Bonchev–Trinajstić information content (AvgIpc) is 3.40. The predicted molar refractivity (Wildman–Crippen MR) is 103 cm³/mol. The molecule has 4 rings (SSSR count). The summed E-state index contributed by atoms with van der Waals surface area (Å²) in [5, 5.41) is 16.1. The lowest BCUT2D eigenvalue weighted by Crippen LogP contribution is -2.55. The van der Waals surface area contributed by atoms with Crippen molar-refractivity contribution in [2.45, 2.75) is 44.2 Å². The fraction of sp³-hybridized carbons (Fsp3) is 0.476. The molecule has 0 radical (unpaired) electrons. The zero-order valence-electron chi connectivity index (χ0n) is 16.3. The van der Waals surface area contributed by atoms with Crippen molar-refractivity contribution in [3.63, 3.8) is 0 Å². The number of benzene rings is 1. The van der Waals surface area contributed by atoms with E-state index in [-0.39, 0.29) is 17.0 Å². The average molecular weight is 419 g/mol. The van der Waals surface area contributed by atoms with Gasteiger partial charge in [-0.1, -0.05) is 18.0 Å². The standard InChI is InChI=1S/C21H23F2N3O4/c22-12-5-6-14(16(23)9-12)19-10-18(25-30-19)20(27)24-17-7-8-26(11-15(17)21(28)29)13-3-1-2-4-13/h5-6,9-10,13,15,17H,1-4,7-8,11H2,(H,24,27)(H,28,29)/t15-,17-/m0/s1. The highest BCUT2D eigenvalue weighted by Crippen LogP contribution is 2.29. The van der Waals surface area contributed by atoms with E-state index in [4.69, 9.17) is 4.52 Å². The maximum absolute atomic E-state index is 13.9. The maximum atomic E-state index is 13.9. The van der Waals surface area contributed by atoms with Crippen LogP contribution >= 0.6 is 0 Å². The minimum Gasteiger partial charge on any atom is -0.481 e. The molecule has 7 nitrogen and oxygen atoms in total. The van der Waals surface area contributed by atoms with Crippen molar-refractivity contribution in [3.8, 4) is 11.3 Å². The van der Waals surface area contributed by atoms with Gasteiger partial charge < -0.3 is 14.9 Å². The lowest BCUT2D eigenvalue weighted by molar-refractivity contribution is -0.145. The lowest BCUT2D eigenvalue weighted by Gasteiger charge is -2.39. The molecular weight excluding hydrogens is 396 g/mol. The van der Waals surface area contributed by atoms with E-state index >= 15 is 0 Å². The van der Waals surface area contributed by atoms with E-state index in [1.165, 1.54) is 25.0 Å². The number of aliphatic carboxylic acids is 1. The molecule has 30 heavy (non-hydrogen) atoms. The molecule has 2 fully saturated rings. The van der Waals surface area contributed by atoms with E-state index in [0.29, 0.717) is 25.1 Å². The second-order valence-electron chi connectivity index (χ2n) is 7.95. The normalized spacial score (nSPS) is 22.9. The molecule has 1 aromatic heterocycles. The van der Waals surface area contributed by atoms with E-state index in [1.54, 1.807) is 0 Å². The number of halogens is 2. The molecule has 2 N–H and O–H groups in total. The van der Waals surface area contributed by atoms with Gasteiger partial charge in [0.05, 0.1) is 11.5 Å². The Morgan fingerprint density at radius 2 is 1.93 bits per heavy atom. The summed E-state index contributed by atoms with van der Waals surface area (Å²) in [5.41, 5.74) is -0.104. The molecule has 0 spiro atoms. The van der Waals surface area contributed by atoms with Gasteiger partial charge >= 0.3 is 5.97 Å². The second kappa shape index (κ2) is 8.51. The molecule has 2 aromatic rings. The Kier molecular flexibility index (Phi) is 5.80. The number of hydrogen-bond donors (Lipinski definition) is 2. The highest BCUT2D eigenvalue weighted by molar-refractivity contribution is 5.93. The smallest absolute Gasteiger partial charge is 0.309 e. The van der Waals surface area contributed by atoms with Crippen LogP contribution in [0.25, 0.3) is 11.3 Å². The number of amides is 1.